The molecule has 0 spiro atoms. The van der Waals surface area contributed by atoms with E-state index in [-0.39, 0.29) is 12.4 Å². The number of hydrogen-bond donors (Lipinski definition) is 1. The first kappa shape index (κ1) is 13.7. The van der Waals surface area contributed by atoms with E-state index in [0.29, 0.717) is 26.9 Å². The highest BCUT2D eigenvalue weighted by atomic mass is 35.5. The molecule has 0 heterocycles. The number of nitrogens with one attached hydrogen (secondary N) is 1. The number of nitrogens with zero attached hydrogens (tertiary/aromatic N) is 1. The van der Waals surface area contributed by atoms with Crippen LogP contribution in [-0.4, -0.2) is 0 Å². The van der Waals surface area contributed by atoms with E-state index < -0.39 is 0 Å². The normalized spacial score (nSPS) is 10.0. The second-order valence-corrected chi connectivity index (χ2v) is 4.66. The summed E-state index contributed by atoms with van der Waals surface area (Å²) >= 11 is 11.9. The average Bonchev–Trinajstić information content (AvgIpc) is 2.42. The van der Waals surface area contributed by atoms with E-state index in [4.69, 9.17) is 28.5 Å². The van der Waals surface area contributed by atoms with Crippen molar-refractivity contribution in [2.45, 2.75) is 6.54 Å². The van der Waals surface area contributed by atoms with Crippen LogP contribution in [0.5, 0.6) is 0 Å². The first-order valence-corrected chi connectivity index (χ1v) is 6.24. The minimum atomic E-state index is -0.371. The highest BCUT2D eigenvalue weighted by Gasteiger charge is 2.07. The zero-order valence-corrected chi connectivity index (χ0v) is 11.3. The summed E-state index contributed by atoms with van der Waals surface area (Å²) in [4.78, 5) is 0. The maximum Gasteiger partial charge on any atom is 0.128 e. The molecule has 96 valence electrons. The molecule has 5 heteroatoms. The summed E-state index contributed by atoms with van der Waals surface area (Å²) in [5, 5.41) is 12.6. The molecule has 0 bridgehead atoms. The van der Waals surface area contributed by atoms with Gasteiger partial charge in [0.2, 0.25) is 0 Å². The Hall–Kier alpha value is -1.76. The number of hydrogen-bond acceptors (Lipinski definition) is 2. The molecule has 0 aliphatic heterocycles. The Labute approximate surface area is 120 Å². The number of benzene rings is 2. The van der Waals surface area contributed by atoms with Crippen LogP contribution in [0, 0.1) is 17.1 Å². The molecule has 0 aromatic heterocycles. The average molecular weight is 295 g/mol. The van der Waals surface area contributed by atoms with Gasteiger partial charge in [-0.2, -0.15) is 5.26 Å². The Bertz CT molecular complexity index is 650. The Morgan fingerprint density at radius 3 is 2.74 bits per heavy atom. The van der Waals surface area contributed by atoms with Crippen LogP contribution >= 0.6 is 23.2 Å². The molecule has 0 saturated carbocycles. The van der Waals surface area contributed by atoms with Gasteiger partial charge in [-0.3, -0.25) is 0 Å². The van der Waals surface area contributed by atoms with Crippen molar-refractivity contribution in [3.05, 3.63) is 63.4 Å². The first-order valence-electron chi connectivity index (χ1n) is 5.48. The minimum absolute atomic E-state index is 0.224. The van der Waals surface area contributed by atoms with Crippen molar-refractivity contribution in [2.24, 2.45) is 0 Å². The van der Waals surface area contributed by atoms with Crippen molar-refractivity contribution in [1.29, 1.82) is 5.26 Å². The molecule has 19 heavy (non-hydrogen) atoms. The summed E-state index contributed by atoms with van der Waals surface area (Å²) in [6.07, 6.45) is 0. The topological polar surface area (TPSA) is 35.8 Å². The number of halogens is 3. The van der Waals surface area contributed by atoms with Gasteiger partial charge in [-0.05, 0) is 30.3 Å². The van der Waals surface area contributed by atoms with Crippen molar-refractivity contribution in [1.82, 2.24) is 0 Å². The second kappa shape index (κ2) is 5.92. The standard InChI is InChI=1S/C14H9Cl2FN2/c15-11-2-1-3-13(14(11)16)19-8-10-6-9(7-18)4-5-12(10)17/h1-6,19H,8H2. The van der Waals surface area contributed by atoms with Gasteiger partial charge in [0.05, 0.1) is 27.4 Å². The fourth-order valence-corrected chi connectivity index (χ4v) is 1.98. The summed E-state index contributed by atoms with van der Waals surface area (Å²) in [7, 11) is 0. The van der Waals surface area contributed by atoms with Crippen LogP contribution in [0.3, 0.4) is 0 Å². The lowest BCUT2D eigenvalue weighted by molar-refractivity contribution is 0.612. The first-order chi connectivity index (χ1) is 9.11. The molecule has 0 unspecified atom stereocenters. The zero-order valence-electron chi connectivity index (χ0n) is 9.75. The van der Waals surface area contributed by atoms with E-state index in [0.717, 1.165) is 0 Å². The van der Waals surface area contributed by atoms with Gasteiger partial charge in [-0.1, -0.05) is 29.3 Å². The zero-order chi connectivity index (χ0) is 13.8. The molecule has 0 aliphatic rings. The fraction of sp³-hybridized carbons (Fsp3) is 0.0714. The molecule has 0 aliphatic carbocycles. The van der Waals surface area contributed by atoms with E-state index in [1.807, 2.05) is 6.07 Å². The van der Waals surface area contributed by atoms with Crippen LogP contribution in [0.15, 0.2) is 36.4 Å². The lowest BCUT2D eigenvalue weighted by atomic mass is 10.1. The SMILES string of the molecule is N#Cc1ccc(F)c(CNc2cccc(Cl)c2Cl)c1. The van der Waals surface area contributed by atoms with Gasteiger partial charge in [-0.25, -0.2) is 4.39 Å². The molecule has 1 N–H and O–H groups in total. The third kappa shape index (κ3) is 3.17. The van der Waals surface area contributed by atoms with Crippen molar-refractivity contribution >= 4 is 28.9 Å². The summed E-state index contributed by atoms with van der Waals surface area (Å²) in [5.41, 5.74) is 1.43. The molecule has 2 nitrogen and oxygen atoms in total. The van der Waals surface area contributed by atoms with Crippen LogP contribution < -0.4 is 5.32 Å². The van der Waals surface area contributed by atoms with E-state index in [2.05, 4.69) is 5.32 Å². The van der Waals surface area contributed by atoms with Gasteiger partial charge in [0.15, 0.2) is 0 Å². The number of anilines is 1. The predicted molar refractivity (Wildman–Crippen MR) is 74.9 cm³/mol. The highest BCUT2D eigenvalue weighted by molar-refractivity contribution is 6.43. The Kier molecular flexibility index (Phi) is 4.26. The van der Waals surface area contributed by atoms with Gasteiger partial charge in [0.1, 0.15) is 5.82 Å². The van der Waals surface area contributed by atoms with E-state index >= 15 is 0 Å². The molecule has 2 rings (SSSR count). The van der Waals surface area contributed by atoms with Crippen molar-refractivity contribution in [3.63, 3.8) is 0 Å². The Morgan fingerprint density at radius 1 is 1.21 bits per heavy atom. The molecule has 0 atom stereocenters. The van der Waals surface area contributed by atoms with Crippen molar-refractivity contribution in [3.8, 4) is 6.07 Å². The smallest absolute Gasteiger partial charge is 0.128 e. The minimum Gasteiger partial charge on any atom is -0.380 e. The van der Waals surface area contributed by atoms with Crippen LogP contribution in [0.4, 0.5) is 10.1 Å². The van der Waals surface area contributed by atoms with Gasteiger partial charge in [0, 0.05) is 12.1 Å². The summed E-state index contributed by atoms with van der Waals surface area (Å²) in [6.45, 7) is 0.224. The maximum absolute atomic E-state index is 13.6. The molecule has 0 fully saturated rings. The number of nitriles is 1. The van der Waals surface area contributed by atoms with Crippen LogP contribution in [-0.2, 0) is 6.54 Å². The molecule has 2 aromatic rings. The monoisotopic (exact) mass is 294 g/mol. The Morgan fingerprint density at radius 2 is 2.00 bits per heavy atom. The molecule has 2 aromatic carbocycles. The highest BCUT2D eigenvalue weighted by Crippen LogP contribution is 2.29. The fourth-order valence-electron chi connectivity index (χ4n) is 1.61. The molecular weight excluding hydrogens is 286 g/mol. The van der Waals surface area contributed by atoms with Crippen molar-refractivity contribution in [2.75, 3.05) is 5.32 Å². The van der Waals surface area contributed by atoms with Crippen LogP contribution in [0.25, 0.3) is 0 Å². The summed E-state index contributed by atoms with van der Waals surface area (Å²) in [6, 6.07) is 11.4. The van der Waals surface area contributed by atoms with E-state index in [1.165, 1.54) is 18.2 Å². The summed E-state index contributed by atoms with van der Waals surface area (Å²) in [5.74, 6) is -0.371. The second-order valence-electron chi connectivity index (χ2n) is 3.87. The maximum atomic E-state index is 13.6. The predicted octanol–water partition coefficient (Wildman–Crippen LogP) is 4.62. The van der Waals surface area contributed by atoms with E-state index in [9.17, 15) is 4.39 Å². The van der Waals surface area contributed by atoms with Crippen LogP contribution in [0.2, 0.25) is 10.0 Å². The van der Waals surface area contributed by atoms with Crippen molar-refractivity contribution < 1.29 is 4.39 Å². The van der Waals surface area contributed by atoms with Crippen LogP contribution in [0.1, 0.15) is 11.1 Å². The molecular formula is C14H9Cl2FN2. The Balaban J connectivity index is 2.19. The lowest BCUT2D eigenvalue weighted by Crippen LogP contribution is -2.02. The molecule has 0 radical (unpaired) electrons. The van der Waals surface area contributed by atoms with Gasteiger partial charge < -0.3 is 5.32 Å². The number of rotatable bonds is 3. The van der Waals surface area contributed by atoms with Gasteiger partial charge >= 0.3 is 0 Å². The molecule has 0 amide bonds. The third-order valence-corrected chi connectivity index (χ3v) is 3.41. The summed E-state index contributed by atoms with van der Waals surface area (Å²) < 4.78 is 13.6. The van der Waals surface area contributed by atoms with E-state index in [1.54, 1.807) is 18.2 Å². The van der Waals surface area contributed by atoms with Gasteiger partial charge in [-0.15, -0.1) is 0 Å². The quantitative estimate of drug-likeness (QED) is 0.897. The third-order valence-electron chi connectivity index (χ3n) is 2.60. The van der Waals surface area contributed by atoms with Gasteiger partial charge in [0.25, 0.3) is 0 Å². The lowest BCUT2D eigenvalue weighted by Gasteiger charge is -2.10. The largest absolute Gasteiger partial charge is 0.380 e. The molecule has 0 saturated heterocycles.